The van der Waals surface area contributed by atoms with E-state index in [1.165, 1.54) is 6.08 Å². The number of ether oxygens (including phenoxy) is 2. The van der Waals surface area contributed by atoms with Crippen LogP contribution in [0.2, 0.25) is 0 Å². The number of hydrogen-bond donors (Lipinski definition) is 1. The van der Waals surface area contributed by atoms with Crippen LogP contribution in [0.5, 0.6) is 0 Å². The quantitative estimate of drug-likeness (QED) is 0.153. The molecule has 0 radical (unpaired) electrons. The Labute approximate surface area is 230 Å². The second kappa shape index (κ2) is 13.9. The molecule has 0 fully saturated rings. The second-order valence-corrected chi connectivity index (χ2v) is 11.2. The maximum absolute atomic E-state index is 12.7. The first-order valence-electron chi connectivity index (χ1n) is 12.8. The number of benzene rings is 3. The highest BCUT2D eigenvalue weighted by molar-refractivity contribution is 8.00. The van der Waals surface area contributed by atoms with Gasteiger partial charge < -0.3 is 14.8 Å². The largest absolute Gasteiger partial charge is 0.461 e. The van der Waals surface area contributed by atoms with E-state index in [0.717, 1.165) is 16.7 Å². The molecule has 0 aliphatic carbocycles. The van der Waals surface area contributed by atoms with Crippen LogP contribution in [0.15, 0.2) is 104 Å². The monoisotopic (exact) mass is 531 g/mol. The van der Waals surface area contributed by atoms with Crippen molar-refractivity contribution in [2.24, 2.45) is 0 Å². The molecule has 1 atom stereocenters. The van der Waals surface area contributed by atoms with Crippen LogP contribution in [0, 0.1) is 0 Å². The minimum Gasteiger partial charge on any atom is -0.461 e. The molecule has 200 valence electrons. The number of carbonyl (C=O) groups excluding carboxylic acids is 2. The van der Waals surface area contributed by atoms with Gasteiger partial charge in [-0.15, -0.1) is 11.8 Å². The van der Waals surface area contributed by atoms with Gasteiger partial charge in [0.1, 0.15) is 12.2 Å². The fourth-order valence-corrected chi connectivity index (χ4v) is 5.79. The van der Waals surface area contributed by atoms with Gasteiger partial charge in [0.15, 0.2) is 0 Å². The zero-order valence-electron chi connectivity index (χ0n) is 22.4. The van der Waals surface area contributed by atoms with Gasteiger partial charge in [0.2, 0.25) is 0 Å². The topological polar surface area (TPSA) is 64.6 Å². The van der Waals surface area contributed by atoms with Crippen LogP contribution in [0.1, 0.15) is 50.3 Å². The van der Waals surface area contributed by atoms with Crippen molar-refractivity contribution in [1.29, 1.82) is 0 Å². The molecular formula is C32H37NO4S. The van der Waals surface area contributed by atoms with Crippen LogP contribution in [0.25, 0.3) is 0 Å². The first-order chi connectivity index (χ1) is 18.2. The first kappa shape index (κ1) is 29.1. The summed E-state index contributed by atoms with van der Waals surface area (Å²) >= 11 is 1.73. The number of amides is 1. The number of hydrogen-bond acceptors (Lipinski definition) is 5. The highest BCUT2D eigenvalue weighted by Crippen LogP contribution is 2.48. The van der Waals surface area contributed by atoms with Crippen molar-refractivity contribution in [3.05, 3.63) is 120 Å². The van der Waals surface area contributed by atoms with E-state index in [9.17, 15) is 9.59 Å². The van der Waals surface area contributed by atoms with E-state index >= 15 is 0 Å². The number of alkyl carbamates (subject to hydrolysis) is 1. The van der Waals surface area contributed by atoms with Gasteiger partial charge in [0.25, 0.3) is 0 Å². The van der Waals surface area contributed by atoms with Gasteiger partial charge in [-0.2, -0.15) is 0 Å². The number of thioether (sulfide) groups is 1. The van der Waals surface area contributed by atoms with Crippen molar-refractivity contribution in [2.45, 2.75) is 50.0 Å². The molecule has 0 bridgehead atoms. The summed E-state index contributed by atoms with van der Waals surface area (Å²) in [6.07, 6.45) is 1.62. The lowest BCUT2D eigenvalue weighted by Gasteiger charge is -2.36. The van der Waals surface area contributed by atoms with Crippen molar-refractivity contribution in [3.63, 3.8) is 0 Å². The molecule has 5 nitrogen and oxygen atoms in total. The zero-order chi connectivity index (χ0) is 27.4. The molecule has 3 aromatic carbocycles. The van der Waals surface area contributed by atoms with Crippen LogP contribution in [0.3, 0.4) is 0 Å². The van der Waals surface area contributed by atoms with E-state index < -0.39 is 16.4 Å². The first-order valence-corrected chi connectivity index (χ1v) is 13.8. The standard InChI is InChI=1S/C32H37NO4S/c1-5-23-36-29(34)22-21-28(33-30(35)37-31(2,3)4)24-38-32(25-15-9-6-10-16-25,26-17-11-7-12-18-26)27-19-13-8-14-20-27/h5-20,28H,1,21-24H2,2-4H3,(H,33,35)/t28-/m1/s1. The van der Waals surface area contributed by atoms with Crippen LogP contribution in [-0.2, 0) is 19.0 Å². The Kier molecular flexibility index (Phi) is 10.6. The molecular weight excluding hydrogens is 494 g/mol. The van der Waals surface area contributed by atoms with E-state index in [1.54, 1.807) is 11.8 Å². The molecule has 0 saturated carbocycles. The lowest BCUT2D eigenvalue weighted by Crippen LogP contribution is -2.41. The normalized spacial score (nSPS) is 12.3. The molecule has 0 heterocycles. The predicted octanol–water partition coefficient (Wildman–Crippen LogP) is 7.11. The number of nitrogens with one attached hydrogen (secondary N) is 1. The highest BCUT2D eigenvalue weighted by Gasteiger charge is 2.37. The zero-order valence-corrected chi connectivity index (χ0v) is 23.2. The van der Waals surface area contributed by atoms with Crippen molar-refractivity contribution in [1.82, 2.24) is 5.32 Å². The van der Waals surface area contributed by atoms with Gasteiger partial charge in [-0.25, -0.2) is 4.79 Å². The van der Waals surface area contributed by atoms with Gasteiger partial charge in [-0.3, -0.25) is 4.79 Å². The summed E-state index contributed by atoms with van der Waals surface area (Å²) in [6.45, 7) is 9.24. The molecule has 0 unspecified atom stereocenters. The molecule has 6 heteroatoms. The maximum atomic E-state index is 12.7. The van der Waals surface area contributed by atoms with Gasteiger partial charge in [0, 0.05) is 18.2 Å². The molecule has 38 heavy (non-hydrogen) atoms. The van der Waals surface area contributed by atoms with Crippen molar-refractivity contribution in [2.75, 3.05) is 12.4 Å². The third-order valence-corrected chi connectivity index (χ3v) is 7.53. The van der Waals surface area contributed by atoms with E-state index in [1.807, 2.05) is 75.4 Å². The Bertz CT molecular complexity index is 1060. The molecule has 1 amide bonds. The summed E-state index contributed by atoms with van der Waals surface area (Å²) in [5, 5.41) is 3.00. The highest BCUT2D eigenvalue weighted by atomic mass is 32.2. The predicted molar refractivity (Wildman–Crippen MR) is 155 cm³/mol. The molecule has 0 saturated heterocycles. The molecule has 0 aliphatic heterocycles. The molecule has 0 aliphatic rings. The van der Waals surface area contributed by atoms with Crippen LogP contribution >= 0.6 is 11.8 Å². The smallest absolute Gasteiger partial charge is 0.407 e. The average Bonchev–Trinajstić information content (AvgIpc) is 2.91. The molecule has 0 spiro atoms. The van der Waals surface area contributed by atoms with Gasteiger partial charge in [-0.05, 0) is 43.9 Å². The summed E-state index contributed by atoms with van der Waals surface area (Å²) in [6, 6.07) is 30.8. The van der Waals surface area contributed by atoms with Gasteiger partial charge in [-0.1, -0.05) is 104 Å². The summed E-state index contributed by atoms with van der Waals surface area (Å²) in [4.78, 5) is 25.0. The Morgan fingerprint density at radius 2 is 1.34 bits per heavy atom. The number of esters is 1. The molecule has 0 aromatic heterocycles. The number of carbonyl (C=O) groups is 2. The van der Waals surface area contributed by atoms with E-state index in [4.69, 9.17) is 9.47 Å². The van der Waals surface area contributed by atoms with E-state index in [-0.39, 0.29) is 25.0 Å². The maximum Gasteiger partial charge on any atom is 0.407 e. The third-order valence-electron chi connectivity index (χ3n) is 5.82. The molecule has 3 rings (SSSR count). The number of rotatable bonds is 12. The third kappa shape index (κ3) is 8.25. The Morgan fingerprint density at radius 3 is 1.76 bits per heavy atom. The summed E-state index contributed by atoms with van der Waals surface area (Å²) in [7, 11) is 0. The van der Waals surface area contributed by atoms with Crippen LogP contribution < -0.4 is 5.32 Å². The molecule has 3 aromatic rings. The lowest BCUT2D eigenvalue weighted by molar-refractivity contribution is -0.142. The van der Waals surface area contributed by atoms with Gasteiger partial charge >= 0.3 is 12.1 Å². The Balaban J connectivity index is 1.97. The van der Waals surface area contributed by atoms with E-state index in [2.05, 4.69) is 48.3 Å². The summed E-state index contributed by atoms with van der Waals surface area (Å²) in [5.41, 5.74) is 2.75. The second-order valence-electron chi connectivity index (χ2n) is 9.94. The van der Waals surface area contributed by atoms with Crippen molar-refractivity contribution in [3.8, 4) is 0 Å². The Morgan fingerprint density at radius 1 is 0.868 bits per heavy atom. The van der Waals surface area contributed by atoms with Crippen LogP contribution in [0.4, 0.5) is 4.79 Å². The minimum atomic E-state index is -0.632. The van der Waals surface area contributed by atoms with Crippen molar-refractivity contribution >= 4 is 23.8 Å². The average molecular weight is 532 g/mol. The molecule has 1 N–H and O–H groups in total. The van der Waals surface area contributed by atoms with Crippen LogP contribution in [-0.4, -0.2) is 36.1 Å². The minimum absolute atomic E-state index is 0.164. The Hall–Kier alpha value is -3.51. The van der Waals surface area contributed by atoms with E-state index in [0.29, 0.717) is 12.2 Å². The fraction of sp³-hybridized carbons (Fsp3) is 0.312. The fourth-order valence-electron chi connectivity index (χ4n) is 4.18. The lowest BCUT2D eigenvalue weighted by atomic mass is 9.84. The summed E-state index contributed by atoms with van der Waals surface area (Å²) < 4.78 is 10.2. The SMILES string of the molecule is C=CCOC(=O)CC[C@H](CSC(c1ccccc1)(c1ccccc1)c1ccccc1)NC(=O)OC(C)(C)C. The van der Waals surface area contributed by atoms with Gasteiger partial charge in [0.05, 0.1) is 4.75 Å². The van der Waals surface area contributed by atoms with Crippen molar-refractivity contribution < 1.29 is 19.1 Å². The summed E-state index contributed by atoms with van der Waals surface area (Å²) in [5.74, 6) is 0.207.